The standard InChI is InChI=1S/C27H45NO5/c1-4-27-12-9-18(29)13-17(27)14-22(30)25-20-7-6-19(26(20,3)11-10-21(25)27)16(2)5-8-23(31)28-15-24(32)33/h16-22,25,29-30H,4-15H2,1-3H3,(H,28,31)(H,32,33). The zero-order chi connectivity index (χ0) is 24.0. The Morgan fingerprint density at radius 3 is 2.52 bits per heavy atom. The molecule has 10 atom stereocenters. The van der Waals surface area contributed by atoms with E-state index in [0.717, 1.165) is 44.9 Å². The smallest absolute Gasteiger partial charge is 0.322 e. The Hall–Kier alpha value is -1.14. The number of hydrogen-bond donors (Lipinski definition) is 4. The van der Waals surface area contributed by atoms with Crippen molar-refractivity contribution in [3.05, 3.63) is 0 Å². The van der Waals surface area contributed by atoms with Gasteiger partial charge in [-0.2, -0.15) is 0 Å². The van der Waals surface area contributed by atoms with Crippen LogP contribution in [0.1, 0.15) is 91.4 Å². The predicted octanol–water partition coefficient (Wildman–Crippen LogP) is 3.98. The molecule has 0 aromatic heterocycles. The van der Waals surface area contributed by atoms with Crippen LogP contribution in [-0.4, -0.2) is 45.9 Å². The number of carboxylic acids is 1. The fourth-order valence-corrected chi connectivity index (χ4v) is 9.52. The quantitative estimate of drug-likeness (QED) is 0.457. The van der Waals surface area contributed by atoms with Crippen LogP contribution < -0.4 is 5.32 Å². The second kappa shape index (κ2) is 9.49. The van der Waals surface area contributed by atoms with Crippen LogP contribution in [0, 0.1) is 46.3 Å². The minimum atomic E-state index is -1.01. The topological polar surface area (TPSA) is 107 Å². The van der Waals surface area contributed by atoms with Crippen molar-refractivity contribution in [3.8, 4) is 0 Å². The molecule has 0 radical (unpaired) electrons. The number of carboxylic acid groups (broad SMARTS) is 1. The van der Waals surface area contributed by atoms with E-state index in [4.69, 9.17) is 5.11 Å². The van der Waals surface area contributed by atoms with Crippen LogP contribution in [0.4, 0.5) is 0 Å². The highest BCUT2D eigenvalue weighted by Crippen LogP contribution is 2.69. The van der Waals surface area contributed by atoms with E-state index in [0.29, 0.717) is 41.9 Å². The maximum atomic E-state index is 12.1. The Kier molecular flexibility index (Phi) is 7.18. The van der Waals surface area contributed by atoms with Crippen molar-refractivity contribution < 1.29 is 24.9 Å². The third-order valence-electron chi connectivity index (χ3n) is 11.0. The Morgan fingerprint density at radius 1 is 1.06 bits per heavy atom. The monoisotopic (exact) mass is 463 g/mol. The van der Waals surface area contributed by atoms with Gasteiger partial charge in [-0.25, -0.2) is 0 Å². The molecule has 4 fully saturated rings. The van der Waals surface area contributed by atoms with E-state index in [1.165, 1.54) is 19.3 Å². The zero-order valence-electron chi connectivity index (χ0n) is 20.8. The highest BCUT2D eigenvalue weighted by Gasteiger charge is 2.63. The number of aliphatic hydroxyl groups is 2. The fourth-order valence-electron chi connectivity index (χ4n) is 9.52. The Labute approximate surface area is 198 Å². The van der Waals surface area contributed by atoms with E-state index >= 15 is 0 Å². The number of carbonyl (C=O) groups is 2. The molecule has 4 aliphatic rings. The average Bonchev–Trinajstić information content (AvgIpc) is 3.13. The second-order valence-electron chi connectivity index (χ2n) is 12.2. The van der Waals surface area contributed by atoms with Gasteiger partial charge in [-0.15, -0.1) is 0 Å². The summed E-state index contributed by atoms with van der Waals surface area (Å²) >= 11 is 0. The highest BCUT2D eigenvalue weighted by molar-refractivity contribution is 5.81. The lowest BCUT2D eigenvalue weighted by molar-refractivity contribution is -0.182. The minimum Gasteiger partial charge on any atom is -0.480 e. The molecule has 0 aliphatic heterocycles. The molecule has 4 rings (SSSR count). The lowest BCUT2D eigenvalue weighted by atomic mass is 9.42. The summed E-state index contributed by atoms with van der Waals surface area (Å²) in [6, 6.07) is 0. The van der Waals surface area contributed by atoms with Crippen molar-refractivity contribution in [1.29, 1.82) is 0 Å². The molecule has 1 amide bonds. The second-order valence-corrected chi connectivity index (χ2v) is 12.2. The zero-order valence-corrected chi connectivity index (χ0v) is 20.8. The van der Waals surface area contributed by atoms with Crippen molar-refractivity contribution in [1.82, 2.24) is 5.32 Å². The normalized spacial score (nSPS) is 45.4. The first-order valence-corrected chi connectivity index (χ1v) is 13.5. The summed E-state index contributed by atoms with van der Waals surface area (Å²) in [5.41, 5.74) is 0.492. The Balaban J connectivity index is 1.46. The molecule has 0 spiro atoms. The van der Waals surface area contributed by atoms with Gasteiger partial charge in [0.05, 0.1) is 12.2 Å². The molecule has 33 heavy (non-hydrogen) atoms. The largest absolute Gasteiger partial charge is 0.480 e. The highest BCUT2D eigenvalue weighted by atomic mass is 16.4. The van der Waals surface area contributed by atoms with Gasteiger partial charge in [-0.3, -0.25) is 9.59 Å². The molecule has 0 heterocycles. The summed E-state index contributed by atoms with van der Waals surface area (Å²) in [5.74, 6) is 1.69. The van der Waals surface area contributed by atoms with E-state index in [2.05, 4.69) is 26.1 Å². The lowest BCUT2D eigenvalue weighted by Crippen LogP contribution is -2.59. The Bertz CT molecular complexity index is 742. The van der Waals surface area contributed by atoms with Gasteiger partial charge in [0.1, 0.15) is 6.54 Å². The first kappa shape index (κ1) is 25.0. The SMILES string of the molecule is CCC12CCC(O)CC1CC(O)C1C3CCC(C(C)CCC(=O)NCC(=O)O)C3(C)CCC12. The maximum absolute atomic E-state index is 12.1. The van der Waals surface area contributed by atoms with E-state index in [1.54, 1.807) is 0 Å². The number of aliphatic hydroxyl groups excluding tert-OH is 2. The van der Waals surface area contributed by atoms with Crippen molar-refractivity contribution in [2.45, 2.75) is 104 Å². The number of hydrogen-bond acceptors (Lipinski definition) is 4. The molecular weight excluding hydrogens is 418 g/mol. The molecule has 6 nitrogen and oxygen atoms in total. The number of amides is 1. The van der Waals surface area contributed by atoms with Gasteiger partial charge in [0.15, 0.2) is 0 Å². The van der Waals surface area contributed by atoms with Gasteiger partial charge in [0.25, 0.3) is 0 Å². The first-order chi connectivity index (χ1) is 15.6. The van der Waals surface area contributed by atoms with E-state index in [9.17, 15) is 19.8 Å². The predicted molar refractivity (Wildman–Crippen MR) is 126 cm³/mol. The van der Waals surface area contributed by atoms with Gasteiger partial charge in [0, 0.05) is 6.42 Å². The summed E-state index contributed by atoms with van der Waals surface area (Å²) < 4.78 is 0. The van der Waals surface area contributed by atoms with Gasteiger partial charge >= 0.3 is 5.97 Å². The summed E-state index contributed by atoms with van der Waals surface area (Å²) in [4.78, 5) is 22.8. The van der Waals surface area contributed by atoms with Crippen molar-refractivity contribution in [3.63, 3.8) is 0 Å². The van der Waals surface area contributed by atoms with Crippen LogP contribution >= 0.6 is 0 Å². The third-order valence-corrected chi connectivity index (χ3v) is 11.0. The van der Waals surface area contributed by atoms with Crippen LogP contribution in [-0.2, 0) is 9.59 Å². The van der Waals surface area contributed by atoms with Crippen LogP contribution in [0.25, 0.3) is 0 Å². The number of fused-ring (bicyclic) bond motifs is 5. The van der Waals surface area contributed by atoms with Crippen molar-refractivity contribution in [2.75, 3.05) is 6.54 Å². The molecule has 0 aromatic rings. The van der Waals surface area contributed by atoms with Gasteiger partial charge in [0.2, 0.25) is 5.91 Å². The molecule has 4 saturated carbocycles. The molecule has 4 N–H and O–H groups in total. The molecule has 4 aliphatic carbocycles. The van der Waals surface area contributed by atoms with E-state index < -0.39 is 5.97 Å². The molecule has 10 unspecified atom stereocenters. The maximum Gasteiger partial charge on any atom is 0.322 e. The third kappa shape index (κ3) is 4.35. The average molecular weight is 464 g/mol. The van der Waals surface area contributed by atoms with E-state index in [1.807, 2.05) is 0 Å². The van der Waals surface area contributed by atoms with Gasteiger partial charge in [-0.1, -0.05) is 20.8 Å². The number of rotatable bonds is 7. The van der Waals surface area contributed by atoms with Crippen LogP contribution in [0.2, 0.25) is 0 Å². The summed E-state index contributed by atoms with van der Waals surface area (Å²) in [6.07, 6.45) is 10.3. The first-order valence-electron chi connectivity index (χ1n) is 13.5. The molecule has 0 aromatic carbocycles. The van der Waals surface area contributed by atoms with Crippen molar-refractivity contribution in [2.24, 2.45) is 46.3 Å². The van der Waals surface area contributed by atoms with Gasteiger partial charge in [-0.05, 0) is 111 Å². The number of carbonyl (C=O) groups excluding carboxylic acids is 1. The van der Waals surface area contributed by atoms with Crippen LogP contribution in [0.15, 0.2) is 0 Å². The van der Waals surface area contributed by atoms with Gasteiger partial charge < -0.3 is 20.6 Å². The Morgan fingerprint density at radius 2 is 1.82 bits per heavy atom. The minimum absolute atomic E-state index is 0.175. The molecule has 0 bridgehead atoms. The molecule has 188 valence electrons. The van der Waals surface area contributed by atoms with E-state index in [-0.39, 0.29) is 35.5 Å². The molecule has 6 heteroatoms. The fraction of sp³-hybridized carbons (Fsp3) is 0.926. The summed E-state index contributed by atoms with van der Waals surface area (Å²) in [6.45, 7) is 6.74. The van der Waals surface area contributed by atoms with Crippen LogP contribution in [0.3, 0.4) is 0 Å². The summed E-state index contributed by atoms with van der Waals surface area (Å²) in [7, 11) is 0. The lowest BCUT2D eigenvalue weighted by Gasteiger charge is -2.63. The van der Waals surface area contributed by atoms with Crippen molar-refractivity contribution >= 4 is 11.9 Å². The molecular formula is C27H45NO5. The van der Waals surface area contributed by atoms with Crippen LogP contribution in [0.5, 0.6) is 0 Å². The molecule has 0 saturated heterocycles. The number of aliphatic carboxylic acids is 1. The summed E-state index contributed by atoms with van der Waals surface area (Å²) in [5, 5.41) is 33.0. The number of nitrogens with one attached hydrogen (secondary N) is 1.